The summed E-state index contributed by atoms with van der Waals surface area (Å²) in [4.78, 5) is 2.39. The Morgan fingerprint density at radius 1 is 1.14 bits per heavy atom. The van der Waals surface area contributed by atoms with E-state index < -0.39 is 0 Å². The van der Waals surface area contributed by atoms with E-state index in [1.54, 1.807) is 0 Å². The molecular formula is C12H28N2. The second kappa shape index (κ2) is 8.25. The highest BCUT2D eigenvalue weighted by atomic mass is 15.1. The van der Waals surface area contributed by atoms with E-state index >= 15 is 0 Å². The van der Waals surface area contributed by atoms with Gasteiger partial charge in [0.05, 0.1) is 0 Å². The van der Waals surface area contributed by atoms with Gasteiger partial charge in [-0.3, -0.25) is 0 Å². The van der Waals surface area contributed by atoms with Crippen LogP contribution in [0, 0.1) is 11.8 Å². The monoisotopic (exact) mass is 200 g/mol. The van der Waals surface area contributed by atoms with Gasteiger partial charge < -0.3 is 10.2 Å². The van der Waals surface area contributed by atoms with Gasteiger partial charge in [0.15, 0.2) is 0 Å². The van der Waals surface area contributed by atoms with Crippen molar-refractivity contribution in [3.8, 4) is 0 Å². The van der Waals surface area contributed by atoms with Gasteiger partial charge in [0.2, 0.25) is 0 Å². The number of rotatable bonds is 8. The van der Waals surface area contributed by atoms with Crippen molar-refractivity contribution in [1.29, 1.82) is 0 Å². The van der Waals surface area contributed by atoms with Crippen LogP contribution in [0.15, 0.2) is 0 Å². The number of hydrogen-bond acceptors (Lipinski definition) is 2. The highest BCUT2D eigenvalue weighted by Crippen LogP contribution is 2.18. The molecule has 0 amide bonds. The van der Waals surface area contributed by atoms with Gasteiger partial charge in [-0.15, -0.1) is 0 Å². The van der Waals surface area contributed by atoms with Gasteiger partial charge in [0.1, 0.15) is 0 Å². The Morgan fingerprint density at radius 2 is 1.71 bits per heavy atom. The lowest BCUT2D eigenvalue weighted by Crippen LogP contribution is -2.23. The summed E-state index contributed by atoms with van der Waals surface area (Å²) in [5.41, 5.74) is 0. The lowest BCUT2D eigenvalue weighted by Gasteiger charge is -2.22. The van der Waals surface area contributed by atoms with Crippen molar-refractivity contribution in [3.63, 3.8) is 0 Å². The van der Waals surface area contributed by atoms with Gasteiger partial charge in [-0.05, 0) is 58.4 Å². The number of nitrogens with zero attached hydrogens (tertiary/aromatic N) is 1. The summed E-state index contributed by atoms with van der Waals surface area (Å²) < 4.78 is 0. The summed E-state index contributed by atoms with van der Waals surface area (Å²) in [6, 6.07) is 0. The van der Waals surface area contributed by atoms with Gasteiger partial charge >= 0.3 is 0 Å². The first-order valence-corrected chi connectivity index (χ1v) is 5.94. The lowest BCUT2D eigenvalue weighted by atomic mass is 9.90. The molecule has 0 saturated heterocycles. The van der Waals surface area contributed by atoms with E-state index in [0.29, 0.717) is 0 Å². The average Bonchev–Trinajstić information content (AvgIpc) is 2.21. The highest BCUT2D eigenvalue weighted by molar-refractivity contribution is 4.64. The molecule has 0 aromatic rings. The second-order valence-corrected chi connectivity index (χ2v) is 4.53. The molecule has 2 unspecified atom stereocenters. The Kier molecular flexibility index (Phi) is 8.20. The van der Waals surface area contributed by atoms with Crippen molar-refractivity contribution < 1.29 is 0 Å². The molecule has 0 aromatic carbocycles. The molecule has 2 heteroatoms. The molecule has 0 fully saturated rings. The molecule has 14 heavy (non-hydrogen) atoms. The molecule has 0 aliphatic carbocycles. The summed E-state index contributed by atoms with van der Waals surface area (Å²) in [7, 11) is 4.23. The molecule has 0 aromatic heterocycles. The quantitative estimate of drug-likeness (QED) is 0.646. The van der Waals surface area contributed by atoms with Crippen LogP contribution in [-0.4, -0.2) is 38.6 Å². The second-order valence-electron chi connectivity index (χ2n) is 4.53. The standard InChI is InChI=1S/C12H28N2/c1-6-14(5)10-8-12(3)11(2)7-9-13-4/h11-13H,6-10H2,1-5H3. The molecule has 0 heterocycles. The van der Waals surface area contributed by atoms with E-state index in [1.165, 1.54) is 19.4 Å². The van der Waals surface area contributed by atoms with E-state index in [2.05, 4.69) is 38.0 Å². The van der Waals surface area contributed by atoms with E-state index in [9.17, 15) is 0 Å². The molecule has 0 radical (unpaired) electrons. The van der Waals surface area contributed by atoms with Crippen molar-refractivity contribution in [1.82, 2.24) is 10.2 Å². The van der Waals surface area contributed by atoms with Gasteiger partial charge in [0, 0.05) is 0 Å². The molecule has 0 aliphatic heterocycles. The largest absolute Gasteiger partial charge is 0.320 e. The third-order valence-corrected chi connectivity index (χ3v) is 3.33. The van der Waals surface area contributed by atoms with Gasteiger partial charge in [-0.1, -0.05) is 20.8 Å². The smallest absolute Gasteiger partial charge is 0.00193 e. The van der Waals surface area contributed by atoms with Crippen molar-refractivity contribution in [2.45, 2.75) is 33.6 Å². The van der Waals surface area contributed by atoms with Gasteiger partial charge in [-0.25, -0.2) is 0 Å². The van der Waals surface area contributed by atoms with Crippen molar-refractivity contribution in [3.05, 3.63) is 0 Å². The number of hydrogen-bond donors (Lipinski definition) is 1. The minimum atomic E-state index is 0.840. The Bertz CT molecular complexity index is 125. The zero-order valence-corrected chi connectivity index (χ0v) is 10.6. The summed E-state index contributed by atoms with van der Waals surface area (Å²) in [6.45, 7) is 10.5. The Morgan fingerprint density at radius 3 is 2.21 bits per heavy atom. The first-order chi connectivity index (χ1) is 6.61. The van der Waals surface area contributed by atoms with Crippen LogP contribution in [0.2, 0.25) is 0 Å². The fraction of sp³-hybridized carbons (Fsp3) is 1.00. The molecule has 2 nitrogen and oxygen atoms in total. The zero-order chi connectivity index (χ0) is 11.0. The van der Waals surface area contributed by atoms with E-state index in [1.807, 2.05) is 7.05 Å². The molecule has 0 aliphatic rings. The molecule has 1 N–H and O–H groups in total. The minimum absolute atomic E-state index is 0.840. The minimum Gasteiger partial charge on any atom is -0.320 e. The summed E-state index contributed by atoms with van der Waals surface area (Å²) in [6.07, 6.45) is 2.63. The first kappa shape index (κ1) is 13.9. The fourth-order valence-corrected chi connectivity index (χ4v) is 1.52. The van der Waals surface area contributed by atoms with Crippen LogP contribution in [0.1, 0.15) is 33.6 Å². The Labute approximate surface area is 90.1 Å². The topological polar surface area (TPSA) is 15.3 Å². The predicted octanol–water partition coefficient (Wildman–Crippen LogP) is 2.21. The van der Waals surface area contributed by atoms with E-state index in [0.717, 1.165) is 24.9 Å². The average molecular weight is 200 g/mol. The van der Waals surface area contributed by atoms with E-state index in [4.69, 9.17) is 0 Å². The normalized spacial score (nSPS) is 15.9. The first-order valence-electron chi connectivity index (χ1n) is 5.94. The van der Waals surface area contributed by atoms with Crippen LogP contribution in [0.25, 0.3) is 0 Å². The predicted molar refractivity (Wildman–Crippen MR) is 64.7 cm³/mol. The molecule has 0 rings (SSSR count). The van der Waals surface area contributed by atoms with E-state index in [-0.39, 0.29) is 0 Å². The lowest BCUT2D eigenvalue weighted by molar-refractivity contribution is 0.273. The van der Waals surface area contributed by atoms with Crippen LogP contribution in [0.3, 0.4) is 0 Å². The zero-order valence-electron chi connectivity index (χ0n) is 10.6. The molecule has 0 saturated carbocycles. The van der Waals surface area contributed by atoms with Crippen LogP contribution in [-0.2, 0) is 0 Å². The van der Waals surface area contributed by atoms with Crippen molar-refractivity contribution in [2.75, 3.05) is 33.7 Å². The summed E-state index contributed by atoms with van der Waals surface area (Å²) in [5, 5.41) is 3.22. The highest BCUT2D eigenvalue weighted by Gasteiger charge is 2.11. The van der Waals surface area contributed by atoms with Crippen molar-refractivity contribution in [2.24, 2.45) is 11.8 Å². The maximum Gasteiger partial charge on any atom is -0.00193 e. The van der Waals surface area contributed by atoms with Crippen LogP contribution in [0.4, 0.5) is 0 Å². The summed E-state index contributed by atoms with van der Waals surface area (Å²) in [5.74, 6) is 1.69. The SMILES string of the molecule is CCN(C)CCC(C)C(C)CCNC. The maximum atomic E-state index is 3.22. The fourth-order valence-electron chi connectivity index (χ4n) is 1.52. The van der Waals surface area contributed by atoms with Gasteiger partial charge in [-0.2, -0.15) is 0 Å². The molecule has 0 spiro atoms. The summed E-state index contributed by atoms with van der Waals surface area (Å²) >= 11 is 0. The molecule has 86 valence electrons. The van der Waals surface area contributed by atoms with Crippen LogP contribution >= 0.6 is 0 Å². The third kappa shape index (κ3) is 6.39. The van der Waals surface area contributed by atoms with Crippen molar-refractivity contribution >= 4 is 0 Å². The molecule has 0 bridgehead atoms. The molecular weight excluding hydrogens is 172 g/mol. The Balaban J connectivity index is 3.55. The number of nitrogens with one attached hydrogen (secondary N) is 1. The van der Waals surface area contributed by atoms with Gasteiger partial charge in [0.25, 0.3) is 0 Å². The Hall–Kier alpha value is -0.0800. The van der Waals surface area contributed by atoms with Crippen LogP contribution < -0.4 is 5.32 Å². The maximum absolute atomic E-state index is 3.22. The third-order valence-electron chi connectivity index (χ3n) is 3.33. The van der Waals surface area contributed by atoms with Crippen LogP contribution in [0.5, 0.6) is 0 Å². The molecule has 2 atom stereocenters.